The molecule has 1 fully saturated rings. The predicted molar refractivity (Wildman–Crippen MR) is 93.1 cm³/mol. The Bertz CT molecular complexity index is 877. The molecule has 25 heavy (non-hydrogen) atoms. The zero-order valence-corrected chi connectivity index (χ0v) is 13.8. The van der Waals surface area contributed by atoms with Crippen molar-refractivity contribution in [2.24, 2.45) is 0 Å². The van der Waals surface area contributed by atoms with Gasteiger partial charge < -0.3 is 10.0 Å². The molecule has 1 N–H and O–H groups in total. The predicted octanol–water partition coefficient (Wildman–Crippen LogP) is 2.46. The fourth-order valence-electron chi connectivity index (χ4n) is 3.53. The summed E-state index contributed by atoms with van der Waals surface area (Å²) in [5, 5.41) is 18.6. The molecule has 1 aliphatic heterocycles. The standard InChI is InChI=1S/C19H20N4O2/c24-18(14-6-2-1-3-7-14)16-8-4-5-11-23(16)19(25)15-9-10-17-21-20-13-22(17)12-15/h1-3,6-7,9-10,12-13,16,18,24H,4-5,8,11H2. The van der Waals surface area contributed by atoms with Gasteiger partial charge >= 0.3 is 0 Å². The minimum absolute atomic E-state index is 0.0599. The highest BCUT2D eigenvalue weighted by molar-refractivity contribution is 5.94. The molecule has 2 unspecified atom stereocenters. The van der Waals surface area contributed by atoms with Crippen LogP contribution < -0.4 is 0 Å². The first kappa shape index (κ1) is 15.8. The Kier molecular flexibility index (Phi) is 4.19. The van der Waals surface area contributed by atoms with Crippen LogP contribution in [-0.2, 0) is 0 Å². The van der Waals surface area contributed by atoms with Crippen LogP contribution in [0.2, 0.25) is 0 Å². The van der Waals surface area contributed by atoms with E-state index in [0.717, 1.165) is 24.8 Å². The number of rotatable bonds is 3. The zero-order chi connectivity index (χ0) is 17.2. The Labute approximate surface area is 145 Å². The lowest BCUT2D eigenvalue weighted by atomic mass is 9.92. The molecule has 6 nitrogen and oxygen atoms in total. The number of nitrogens with zero attached hydrogens (tertiary/aromatic N) is 4. The monoisotopic (exact) mass is 336 g/mol. The third kappa shape index (κ3) is 3.00. The number of fused-ring (bicyclic) bond motifs is 1. The van der Waals surface area contributed by atoms with Gasteiger partial charge in [-0.1, -0.05) is 30.3 Å². The smallest absolute Gasteiger partial charge is 0.255 e. The maximum atomic E-state index is 13.1. The first-order valence-corrected chi connectivity index (χ1v) is 8.57. The number of aromatic nitrogens is 3. The summed E-state index contributed by atoms with van der Waals surface area (Å²) in [7, 11) is 0. The van der Waals surface area contributed by atoms with Gasteiger partial charge in [-0.2, -0.15) is 0 Å². The Hall–Kier alpha value is -2.73. The average molecular weight is 336 g/mol. The van der Waals surface area contributed by atoms with E-state index in [1.54, 1.807) is 29.1 Å². The number of piperidine rings is 1. The number of hydrogen-bond donors (Lipinski definition) is 1. The molecule has 1 saturated heterocycles. The molecule has 3 aromatic rings. The van der Waals surface area contributed by atoms with Crippen LogP contribution in [0.4, 0.5) is 0 Å². The average Bonchev–Trinajstić information content (AvgIpc) is 3.15. The number of aliphatic hydroxyl groups excluding tert-OH is 1. The summed E-state index contributed by atoms with van der Waals surface area (Å²) in [5.74, 6) is -0.0599. The van der Waals surface area contributed by atoms with Gasteiger partial charge in [-0.25, -0.2) is 0 Å². The van der Waals surface area contributed by atoms with Crippen LogP contribution in [0.25, 0.3) is 5.65 Å². The highest BCUT2D eigenvalue weighted by atomic mass is 16.3. The molecule has 4 rings (SSSR count). The maximum Gasteiger partial charge on any atom is 0.255 e. The summed E-state index contributed by atoms with van der Waals surface area (Å²) >= 11 is 0. The zero-order valence-electron chi connectivity index (χ0n) is 13.8. The van der Waals surface area contributed by atoms with Crippen molar-refractivity contribution in [3.05, 3.63) is 66.1 Å². The lowest BCUT2D eigenvalue weighted by Crippen LogP contribution is -2.46. The molecule has 0 spiro atoms. The van der Waals surface area contributed by atoms with Gasteiger partial charge in [0.2, 0.25) is 0 Å². The second-order valence-corrected chi connectivity index (χ2v) is 6.43. The molecule has 1 amide bonds. The summed E-state index contributed by atoms with van der Waals surface area (Å²) in [6, 6.07) is 12.9. The SMILES string of the molecule is O=C(c1ccc2nncn2c1)N1CCCCC1C(O)c1ccccc1. The minimum Gasteiger partial charge on any atom is -0.386 e. The van der Waals surface area contributed by atoms with E-state index in [-0.39, 0.29) is 11.9 Å². The van der Waals surface area contributed by atoms with Crippen molar-refractivity contribution in [3.8, 4) is 0 Å². The van der Waals surface area contributed by atoms with Crippen LogP contribution >= 0.6 is 0 Å². The van der Waals surface area contributed by atoms with Gasteiger partial charge in [-0.15, -0.1) is 10.2 Å². The van der Waals surface area contributed by atoms with Gasteiger partial charge in [0.1, 0.15) is 6.33 Å². The normalized spacial score (nSPS) is 19.1. The topological polar surface area (TPSA) is 70.7 Å². The van der Waals surface area contributed by atoms with E-state index >= 15 is 0 Å². The fraction of sp³-hybridized carbons (Fsp3) is 0.316. The molecule has 2 atom stereocenters. The van der Waals surface area contributed by atoms with Gasteiger partial charge in [-0.05, 0) is 37.0 Å². The van der Waals surface area contributed by atoms with E-state index in [0.29, 0.717) is 17.8 Å². The number of amides is 1. The fourth-order valence-corrected chi connectivity index (χ4v) is 3.53. The van der Waals surface area contributed by atoms with Crippen molar-refractivity contribution in [1.29, 1.82) is 0 Å². The number of pyridine rings is 1. The molecule has 2 aromatic heterocycles. The quantitative estimate of drug-likeness (QED) is 0.797. The Balaban J connectivity index is 1.62. The molecule has 0 saturated carbocycles. The van der Waals surface area contributed by atoms with Crippen molar-refractivity contribution in [2.75, 3.05) is 6.54 Å². The van der Waals surface area contributed by atoms with Crippen LogP contribution in [0.3, 0.4) is 0 Å². The van der Waals surface area contributed by atoms with E-state index in [9.17, 15) is 9.90 Å². The van der Waals surface area contributed by atoms with Gasteiger partial charge in [0.15, 0.2) is 5.65 Å². The van der Waals surface area contributed by atoms with Crippen molar-refractivity contribution in [3.63, 3.8) is 0 Å². The van der Waals surface area contributed by atoms with Crippen LogP contribution in [0.5, 0.6) is 0 Å². The van der Waals surface area contributed by atoms with Gasteiger partial charge in [0, 0.05) is 12.7 Å². The molecule has 0 radical (unpaired) electrons. The maximum absolute atomic E-state index is 13.1. The highest BCUT2D eigenvalue weighted by Gasteiger charge is 2.33. The van der Waals surface area contributed by atoms with E-state index in [4.69, 9.17) is 0 Å². The molecule has 1 aliphatic rings. The second-order valence-electron chi connectivity index (χ2n) is 6.43. The lowest BCUT2D eigenvalue weighted by molar-refractivity contribution is 0.0211. The molecule has 6 heteroatoms. The van der Waals surface area contributed by atoms with Crippen LogP contribution in [0.15, 0.2) is 55.0 Å². The molecule has 128 valence electrons. The van der Waals surface area contributed by atoms with Crippen LogP contribution in [0.1, 0.15) is 41.3 Å². The van der Waals surface area contributed by atoms with Crippen molar-refractivity contribution in [1.82, 2.24) is 19.5 Å². The number of carbonyl (C=O) groups excluding carboxylic acids is 1. The van der Waals surface area contributed by atoms with Crippen LogP contribution in [-0.4, -0.2) is 43.1 Å². The van der Waals surface area contributed by atoms with Crippen molar-refractivity contribution < 1.29 is 9.90 Å². The molecule has 0 aliphatic carbocycles. The lowest BCUT2D eigenvalue weighted by Gasteiger charge is -2.38. The molecular weight excluding hydrogens is 316 g/mol. The molecular formula is C19H20N4O2. The molecule has 1 aromatic carbocycles. The second kappa shape index (κ2) is 6.64. The number of carbonyl (C=O) groups is 1. The highest BCUT2D eigenvalue weighted by Crippen LogP contribution is 2.29. The molecule has 3 heterocycles. The number of aliphatic hydroxyl groups is 1. The first-order chi connectivity index (χ1) is 12.2. The van der Waals surface area contributed by atoms with E-state index in [2.05, 4.69) is 10.2 Å². The summed E-state index contributed by atoms with van der Waals surface area (Å²) in [4.78, 5) is 14.9. The Morgan fingerprint density at radius 1 is 1.16 bits per heavy atom. The largest absolute Gasteiger partial charge is 0.386 e. The van der Waals surface area contributed by atoms with E-state index < -0.39 is 6.10 Å². The summed E-state index contributed by atoms with van der Waals surface area (Å²) in [6.45, 7) is 0.660. The first-order valence-electron chi connectivity index (χ1n) is 8.57. The van der Waals surface area contributed by atoms with Gasteiger partial charge in [0.05, 0.1) is 17.7 Å². The number of benzene rings is 1. The third-order valence-electron chi connectivity index (χ3n) is 4.85. The van der Waals surface area contributed by atoms with Crippen LogP contribution in [0, 0.1) is 0 Å². The number of hydrogen-bond acceptors (Lipinski definition) is 4. The summed E-state index contributed by atoms with van der Waals surface area (Å²) in [5.41, 5.74) is 2.14. The van der Waals surface area contributed by atoms with E-state index in [1.165, 1.54) is 0 Å². The Morgan fingerprint density at radius 3 is 2.84 bits per heavy atom. The number of likely N-dealkylation sites (tertiary alicyclic amines) is 1. The van der Waals surface area contributed by atoms with E-state index in [1.807, 2.05) is 35.2 Å². The third-order valence-corrected chi connectivity index (χ3v) is 4.85. The van der Waals surface area contributed by atoms with Gasteiger partial charge in [-0.3, -0.25) is 9.20 Å². The van der Waals surface area contributed by atoms with Gasteiger partial charge in [0.25, 0.3) is 5.91 Å². The summed E-state index contributed by atoms with van der Waals surface area (Å²) < 4.78 is 1.74. The summed E-state index contributed by atoms with van der Waals surface area (Å²) in [6.07, 6.45) is 5.43. The Morgan fingerprint density at radius 2 is 2.00 bits per heavy atom. The van der Waals surface area contributed by atoms with Crippen molar-refractivity contribution >= 4 is 11.6 Å². The minimum atomic E-state index is -0.677. The molecule has 0 bridgehead atoms. The van der Waals surface area contributed by atoms with Crippen molar-refractivity contribution in [2.45, 2.75) is 31.4 Å².